The number of oxime groups is 1. The second-order valence-electron chi connectivity index (χ2n) is 5.44. The van der Waals surface area contributed by atoms with E-state index in [-0.39, 0.29) is 0 Å². The first kappa shape index (κ1) is 15.1. The van der Waals surface area contributed by atoms with Crippen LogP contribution in [0.4, 0.5) is 0 Å². The Morgan fingerprint density at radius 2 is 1.62 bits per heavy atom. The van der Waals surface area contributed by atoms with E-state index in [1.165, 1.54) is 16.7 Å². The van der Waals surface area contributed by atoms with Crippen molar-refractivity contribution in [2.45, 2.75) is 33.8 Å². The Hall–Kier alpha value is -2.29. The predicted octanol–water partition coefficient (Wildman–Crippen LogP) is 4.28. The van der Waals surface area contributed by atoms with Crippen LogP contribution in [0, 0.1) is 13.8 Å². The third-order valence-electron chi connectivity index (χ3n) is 3.24. The lowest BCUT2D eigenvalue weighted by Crippen LogP contribution is -1.99. The summed E-state index contributed by atoms with van der Waals surface area (Å²) in [5.41, 5.74) is 5.48. The van der Waals surface area contributed by atoms with Crippen LogP contribution in [0.2, 0.25) is 0 Å². The van der Waals surface area contributed by atoms with Gasteiger partial charge in [0.05, 0.1) is 5.71 Å². The number of aryl methyl sites for hydroxylation is 2. The molecule has 1 N–H and O–H groups in total. The maximum Gasteiger partial charge on any atom is 0.119 e. The van der Waals surface area contributed by atoms with Crippen LogP contribution < -0.4 is 4.74 Å². The minimum Gasteiger partial charge on any atom is -0.489 e. The van der Waals surface area contributed by atoms with Crippen molar-refractivity contribution < 1.29 is 9.94 Å². The Morgan fingerprint density at radius 3 is 2.19 bits per heavy atom. The van der Waals surface area contributed by atoms with Gasteiger partial charge in [0.1, 0.15) is 12.4 Å². The zero-order valence-corrected chi connectivity index (χ0v) is 12.8. The number of hydrogen-bond acceptors (Lipinski definition) is 3. The van der Waals surface area contributed by atoms with E-state index in [2.05, 4.69) is 37.2 Å². The smallest absolute Gasteiger partial charge is 0.119 e. The van der Waals surface area contributed by atoms with E-state index in [4.69, 9.17) is 9.94 Å². The Bertz CT molecular complexity index is 610. The molecule has 2 aromatic carbocycles. The number of ether oxygens (including phenoxy) is 1. The van der Waals surface area contributed by atoms with Crippen LogP contribution in [-0.4, -0.2) is 10.9 Å². The summed E-state index contributed by atoms with van der Waals surface area (Å²) in [4.78, 5) is 0. The molecule has 2 rings (SSSR count). The second-order valence-corrected chi connectivity index (χ2v) is 5.44. The third-order valence-corrected chi connectivity index (χ3v) is 3.24. The fourth-order valence-electron chi connectivity index (χ4n) is 2.35. The van der Waals surface area contributed by atoms with E-state index in [1.54, 1.807) is 6.92 Å². The highest BCUT2D eigenvalue weighted by molar-refractivity contribution is 5.83. The van der Waals surface area contributed by atoms with Crippen molar-refractivity contribution in [1.82, 2.24) is 0 Å². The average molecular weight is 283 g/mol. The van der Waals surface area contributed by atoms with Crippen LogP contribution in [0.1, 0.15) is 29.2 Å². The molecule has 0 aliphatic heterocycles. The molecule has 0 aliphatic carbocycles. The van der Waals surface area contributed by atoms with Crippen molar-refractivity contribution >= 4 is 5.71 Å². The van der Waals surface area contributed by atoms with Gasteiger partial charge in [-0.05, 0) is 44.0 Å². The van der Waals surface area contributed by atoms with Gasteiger partial charge in [-0.1, -0.05) is 46.6 Å². The molecule has 110 valence electrons. The van der Waals surface area contributed by atoms with Gasteiger partial charge in [0, 0.05) is 6.42 Å². The van der Waals surface area contributed by atoms with Gasteiger partial charge in [-0.3, -0.25) is 0 Å². The minimum atomic E-state index is 0.568. The van der Waals surface area contributed by atoms with Crippen molar-refractivity contribution in [3.05, 3.63) is 64.7 Å². The first-order chi connectivity index (χ1) is 10.1. The second kappa shape index (κ2) is 6.93. The van der Waals surface area contributed by atoms with Gasteiger partial charge in [0.25, 0.3) is 0 Å². The van der Waals surface area contributed by atoms with Gasteiger partial charge in [-0.2, -0.15) is 0 Å². The van der Waals surface area contributed by atoms with Crippen molar-refractivity contribution in [2.24, 2.45) is 5.16 Å². The molecule has 0 saturated heterocycles. The minimum absolute atomic E-state index is 0.568. The lowest BCUT2D eigenvalue weighted by molar-refractivity contribution is 0.306. The molecule has 0 radical (unpaired) electrons. The molecule has 0 heterocycles. The highest BCUT2D eigenvalue weighted by Crippen LogP contribution is 2.16. The van der Waals surface area contributed by atoms with Crippen LogP contribution >= 0.6 is 0 Å². The van der Waals surface area contributed by atoms with E-state index in [9.17, 15) is 0 Å². The van der Waals surface area contributed by atoms with Crippen LogP contribution in [-0.2, 0) is 13.0 Å². The van der Waals surface area contributed by atoms with Gasteiger partial charge in [-0.25, -0.2) is 0 Å². The summed E-state index contributed by atoms with van der Waals surface area (Å²) >= 11 is 0. The number of hydrogen-bond donors (Lipinski definition) is 1. The Labute approximate surface area is 125 Å². The lowest BCUT2D eigenvalue weighted by Gasteiger charge is -2.09. The standard InChI is InChI=1S/C18H21NO2/c1-13-8-14(2)10-17(9-13)12-21-18-6-4-16(5-7-18)11-15(3)19-20/h4-10,20H,11-12H2,1-3H3/b19-15-. The topological polar surface area (TPSA) is 41.8 Å². The molecule has 3 heteroatoms. The largest absolute Gasteiger partial charge is 0.489 e. The fourth-order valence-corrected chi connectivity index (χ4v) is 2.35. The molecular weight excluding hydrogens is 262 g/mol. The molecule has 0 spiro atoms. The summed E-state index contributed by atoms with van der Waals surface area (Å²) < 4.78 is 5.81. The van der Waals surface area contributed by atoms with Crippen LogP contribution in [0.5, 0.6) is 5.75 Å². The van der Waals surface area contributed by atoms with E-state index in [1.807, 2.05) is 24.3 Å². The van der Waals surface area contributed by atoms with E-state index in [0.717, 1.165) is 11.3 Å². The summed E-state index contributed by atoms with van der Waals surface area (Å²) in [6.07, 6.45) is 0.647. The summed E-state index contributed by atoms with van der Waals surface area (Å²) in [6.45, 7) is 6.55. The van der Waals surface area contributed by atoms with Crippen LogP contribution in [0.15, 0.2) is 47.6 Å². The molecule has 0 unspecified atom stereocenters. The highest BCUT2D eigenvalue weighted by Gasteiger charge is 2.00. The molecule has 0 atom stereocenters. The lowest BCUT2D eigenvalue weighted by atomic mass is 10.1. The Kier molecular flexibility index (Phi) is 4.99. The van der Waals surface area contributed by atoms with E-state index >= 15 is 0 Å². The zero-order chi connectivity index (χ0) is 15.2. The van der Waals surface area contributed by atoms with Crippen molar-refractivity contribution in [1.29, 1.82) is 0 Å². The molecule has 21 heavy (non-hydrogen) atoms. The molecule has 0 saturated carbocycles. The zero-order valence-electron chi connectivity index (χ0n) is 12.8. The van der Waals surface area contributed by atoms with E-state index < -0.39 is 0 Å². The number of benzene rings is 2. The number of nitrogens with zero attached hydrogens (tertiary/aromatic N) is 1. The Morgan fingerprint density at radius 1 is 1.00 bits per heavy atom. The van der Waals surface area contributed by atoms with Gasteiger partial charge >= 0.3 is 0 Å². The van der Waals surface area contributed by atoms with Crippen LogP contribution in [0.25, 0.3) is 0 Å². The van der Waals surface area contributed by atoms with Crippen molar-refractivity contribution in [3.63, 3.8) is 0 Å². The van der Waals surface area contributed by atoms with Gasteiger partial charge in [0.2, 0.25) is 0 Å². The molecule has 3 nitrogen and oxygen atoms in total. The predicted molar refractivity (Wildman–Crippen MR) is 85.3 cm³/mol. The molecule has 0 aliphatic rings. The molecule has 0 fully saturated rings. The summed E-state index contributed by atoms with van der Waals surface area (Å²) in [7, 11) is 0. The van der Waals surface area contributed by atoms with Gasteiger partial charge < -0.3 is 9.94 Å². The maximum absolute atomic E-state index is 8.67. The first-order valence-electron chi connectivity index (χ1n) is 7.03. The SMILES string of the molecule is C/C(Cc1ccc(OCc2cc(C)cc(C)c2)cc1)=N/O. The molecule has 2 aromatic rings. The summed E-state index contributed by atoms with van der Waals surface area (Å²) in [5, 5.41) is 11.9. The van der Waals surface area contributed by atoms with Gasteiger partial charge in [-0.15, -0.1) is 0 Å². The van der Waals surface area contributed by atoms with Crippen LogP contribution in [0.3, 0.4) is 0 Å². The quantitative estimate of drug-likeness (QED) is 0.505. The molecule has 0 amide bonds. The molecule has 0 aromatic heterocycles. The monoisotopic (exact) mass is 283 g/mol. The van der Waals surface area contributed by atoms with Crippen molar-refractivity contribution in [3.8, 4) is 5.75 Å². The average Bonchev–Trinajstić information content (AvgIpc) is 2.45. The Balaban J connectivity index is 1.97. The molecule has 0 bridgehead atoms. The van der Waals surface area contributed by atoms with E-state index in [0.29, 0.717) is 18.7 Å². The highest BCUT2D eigenvalue weighted by atomic mass is 16.5. The number of rotatable bonds is 5. The van der Waals surface area contributed by atoms with Crippen molar-refractivity contribution in [2.75, 3.05) is 0 Å². The fraction of sp³-hybridized carbons (Fsp3) is 0.278. The normalized spacial score (nSPS) is 11.5. The summed E-state index contributed by atoms with van der Waals surface area (Å²) in [6, 6.07) is 14.3. The molecular formula is C18H21NO2. The first-order valence-corrected chi connectivity index (χ1v) is 7.03. The third kappa shape index (κ3) is 4.63. The van der Waals surface area contributed by atoms with Gasteiger partial charge in [0.15, 0.2) is 0 Å². The summed E-state index contributed by atoms with van der Waals surface area (Å²) in [5.74, 6) is 0.844. The maximum atomic E-state index is 8.67.